The fraction of sp³-hybridized carbons (Fsp3) is 0.647. The van der Waals surface area contributed by atoms with E-state index in [4.69, 9.17) is 0 Å². The smallest absolute Gasteiger partial charge is 0.130 e. The first-order valence-corrected chi connectivity index (χ1v) is 8.10. The van der Waals surface area contributed by atoms with E-state index in [1.54, 1.807) is 6.07 Å². The Labute approximate surface area is 125 Å². The highest BCUT2D eigenvalue weighted by Gasteiger charge is 2.37. The molecule has 0 spiro atoms. The van der Waals surface area contributed by atoms with Crippen LogP contribution in [0.5, 0.6) is 0 Å². The monoisotopic (exact) mass is 294 g/mol. The lowest BCUT2D eigenvalue weighted by molar-refractivity contribution is 0.0172. The van der Waals surface area contributed by atoms with Crippen LogP contribution in [0.3, 0.4) is 0 Å². The Bertz CT molecular complexity index is 478. The largest absolute Gasteiger partial charge is 0.314 e. The summed E-state index contributed by atoms with van der Waals surface area (Å²) in [5.41, 5.74) is 0.621. The Kier molecular flexibility index (Phi) is 4.55. The standard InChI is InChI=1S/C17H24F2N2/c1-2-20-14-9-15-4-3-5-16(10-14)21(15)11-12-6-7-13(18)8-17(12)19/h6-8,14-16,20H,2-5,9-11H2,1H3. The molecule has 0 aromatic heterocycles. The molecule has 21 heavy (non-hydrogen) atoms. The quantitative estimate of drug-likeness (QED) is 0.915. The second-order valence-corrected chi connectivity index (χ2v) is 6.37. The molecule has 2 aliphatic heterocycles. The Morgan fingerprint density at radius 1 is 1.19 bits per heavy atom. The summed E-state index contributed by atoms with van der Waals surface area (Å²) in [6, 6.07) is 5.61. The van der Waals surface area contributed by atoms with Crippen LogP contribution in [-0.2, 0) is 6.54 Å². The highest BCUT2D eigenvalue weighted by atomic mass is 19.1. The molecule has 2 nitrogen and oxygen atoms in total. The van der Waals surface area contributed by atoms with Gasteiger partial charge in [-0.3, -0.25) is 4.90 Å². The van der Waals surface area contributed by atoms with Gasteiger partial charge in [-0.2, -0.15) is 0 Å². The molecule has 0 aliphatic carbocycles. The van der Waals surface area contributed by atoms with Gasteiger partial charge in [0.05, 0.1) is 0 Å². The van der Waals surface area contributed by atoms with Crippen LogP contribution in [0.4, 0.5) is 8.78 Å². The molecular weight excluding hydrogens is 270 g/mol. The second kappa shape index (κ2) is 6.41. The van der Waals surface area contributed by atoms with Crippen LogP contribution < -0.4 is 5.32 Å². The van der Waals surface area contributed by atoms with Crippen molar-refractivity contribution in [3.05, 3.63) is 35.4 Å². The topological polar surface area (TPSA) is 15.3 Å². The van der Waals surface area contributed by atoms with Gasteiger partial charge in [-0.25, -0.2) is 8.78 Å². The molecule has 116 valence electrons. The molecule has 2 atom stereocenters. The van der Waals surface area contributed by atoms with E-state index in [0.717, 1.165) is 25.5 Å². The predicted octanol–water partition coefficient (Wildman–Crippen LogP) is 3.46. The number of halogens is 2. The Hall–Kier alpha value is -1.00. The molecule has 4 heteroatoms. The van der Waals surface area contributed by atoms with Gasteiger partial charge in [-0.05, 0) is 38.3 Å². The maximum absolute atomic E-state index is 13.9. The lowest BCUT2D eigenvalue weighted by Crippen LogP contribution is -2.55. The zero-order chi connectivity index (χ0) is 14.8. The third-order valence-electron chi connectivity index (χ3n) is 4.99. The average molecular weight is 294 g/mol. The van der Waals surface area contributed by atoms with Crippen molar-refractivity contribution in [2.75, 3.05) is 6.54 Å². The fourth-order valence-electron chi connectivity index (χ4n) is 4.04. The Morgan fingerprint density at radius 3 is 2.52 bits per heavy atom. The molecule has 0 amide bonds. The van der Waals surface area contributed by atoms with Gasteiger partial charge in [0, 0.05) is 36.3 Å². The Balaban J connectivity index is 1.73. The van der Waals surface area contributed by atoms with Crippen molar-refractivity contribution in [1.29, 1.82) is 0 Å². The minimum Gasteiger partial charge on any atom is -0.314 e. The van der Waals surface area contributed by atoms with Gasteiger partial charge in [-0.15, -0.1) is 0 Å². The summed E-state index contributed by atoms with van der Waals surface area (Å²) in [6.07, 6.45) is 5.96. The summed E-state index contributed by atoms with van der Waals surface area (Å²) in [4.78, 5) is 2.45. The van der Waals surface area contributed by atoms with Crippen molar-refractivity contribution in [3.63, 3.8) is 0 Å². The molecule has 1 aromatic carbocycles. The van der Waals surface area contributed by atoms with Crippen molar-refractivity contribution in [1.82, 2.24) is 10.2 Å². The summed E-state index contributed by atoms with van der Waals surface area (Å²) < 4.78 is 26.9. The van der Waals surface area contributed by atoms with E-state index in [9.17, 15) is 8.78 Å². The molecule has 2 heterocycles. The third kappa shape index (κ3) is 3.27. The van der Waals surface area contributed by atoms with Crippen LogP contribution >= 0.6 is 0 Å². The summed E-state index contributed by atoms with van der Waals surface area (Å²) in [5, 5.41) is 3.57. The number of hydrogen-bond donors (Lipinski definition) is 1. The van der Waals surface area contributed by atoms with Crippen molar-refractivity contribution in [3.8, 4) is 0 Å². The van der Waals surface area contributed by atoms with Gasteiger partial charge in [0.15, 0.2) is 0 Å². The fourth-order valence-corrected chi connectivity index (χ4v) is 4.04. The van der Waals surface area contributed by atoms with Crippen molar-refractivity contribution >= 4 is 0 Å². The van der Waals surface area contributed by atoms with E-state index in [1.807, 2.05) is 0 Å². The molecule has 2 unspecified atom stereocenters. The van der Waals surface area contributed by atoms with E-state index >= 15 is 0 Å². The molecule has 1 aromatic rings. The first-order valence-electron chi connectivity index (χ1n) is 8.10. The highest BCUT2D eigenvalue weighted by molar-refractivity contribution is 5.19. The van der Waals surface area contributed by atoms with Crippen LogP contribution in [0.15, 0.2) is 18.2 Å². The summed E-state index contributed by atoms with van der Waals surface area (Å²) in [6.45, 7) is 3.77. The zero-order valence-corrected chi connectivity index (χ0v) is 12.6. The number of nitrogens with zero attached hydrogens (tertiary/aromatic N) is 1. The lowest BCUT2D eigenvalue weighted by Gasteiger charge is -2.49. The van der Waals surface area contributed by atoms with Crippen molar-refractivity contribution < 1.29 is 8.78 Å². The van der Waals surface area contributed by atoms with Gasteiger partial charge in [0.2, 0.25) is 0 Å². The Morgan fingerprint density at radius 2 is 1.90 bits per heavy atom. The van der Waals surface area contributed by atoms with Crippen LogP contribution in [-0.4, -0.2) is 29.6 Å². The summed E-state index contributed by atoms with van der Waals surface area (Å²) >= 11 is 0. The van der Waals surface area contributed by atoms with Crippen LogP contribution in [0, 0.1) is 11.6 Å². The zero-order valence-electron chi connectivity index (χ0n) is 12.6. The SMILES string of the molecule is CCNC1CC2CCCC(C1)N2Cc1ccc(F)cc1F. The average Bonchev–Trinajstić information content (AvgIpc) is 2.42. The molecule has 2 saturated heterocycles. The predicted molar refractivity (Wildman–Crippen MR) is 80.0 cm³/mol. The second-order valence-electron chi connectivity index (χ2n) is 6.37. The molecule has 2 fully saturated rings. The molecule has 2 bridgehead atoms. The van der Waals surface area contributed by atoms with Gasteiger partial charge < -0.3 is 5.32 Å². The first kappa shape index (κ1) is 14.9. The number of nitrogens with one attached hydrogen (secondary N) is 1. The number of rotatable bonds is 4. The molecule has 2 aliphatic rings. The maximum Gasteiger partial charge on any atom is 0.130 e. The first-order chi connectivity index (χ1) is 10.2. The molecule has 1 N–H and O–H groups in total. The van der Waals surface area contributed by atoms with Crippen LogP contribution in [0.25, 0.3) is 0 Å². The molecule has 0 radical (unpaired) electrons. The van der Waals surface area contributed by atoms with Crippen LogP contribution in [0.2, 0.25) is 0 Å². The minimum absolute atomic E-state index is 0.415. The van der Waals surface area contributed by atoms with E-state index in [-0.39, 0.29) is 0 Å². The van der Waals surface area contributed by atoms with E-state index in [2.05, 4.69) is 17.1 Å². The normalized spacial score (nSPS) is 29.6. The van der Waals surface area contributed by atoms with E-state index in [1.165, 1.54) is 25.3 Å². The lowest BCUT2D eigenvalue weighted by atomic mass is 9.81. The summed E-state index contributed by atoms with van der Waals surface area (Å²) in [5.74, 6) is -0.913. The number of piperidine rings is 2. The molecule has 0 saturated carbocycles. The highest BCUT2D eigenvalue weighted by Crippen LogP contribution is 2.35. The van der Waals surface area contributed by atoms with Crippen molar-refractivity contribution in [2.24, 2.45) is 0 Å². The van der Waals surface area contributed by atoms with Gasteiger partial charge in [-0.1, -0.05) is 19.4 Å². The third-order valence-corrected chi connectivity index (χ3v) is 4.99. The summed E-state index contributed by atoms with van der Waals surface area (Å²) in [7, 11) is 0. The minimum atomic E-state index is -0.498. The molecular formula is C17H24F2N2. The van der Waals surface area contributed by atoms with Gasteiger partial charge in [0.1, 0.15) is 11.6 Å². The van der Waals surface area contributed by atoms with E-state index < -0.39 is 11.6 Å². The van der Waals surface area contributed by atoms with Gasteiger partial charge >= 0.3 is 0 Å². The maximum atomic E-state index is 13.9. The number of hydrogen-bond acceptors (Lipinski definition) is 2. The number of fused-ring (bicyclic) bond motifs is 2. The van der Waals surface area contributed by atoms with E-state index in [0.29, 0.717) is 30.2 Å². The number of benzene rings is 1. The van der Waals surface area contributed by atoms with Gasteiger partial charge in [0.25, 0.3) is 0 Å². The van der Waals surface area contributed by atoms with Crippen LogP contribution in [0.1, 0.15) is 44.6 Å². The van der Waals surface area contributed by atoms with Crippen molar-refractivity contribution in [2.45, 2.75) is 63.7 Å². The molecule has 3 rings (SSSR count).